The fraction of sp³-hybridized carbons (Fsp3) is 0.167. The molecule has 1 heterocycles. The van der Waals surface area contributed by atoms with Gasteiger partial charge in [-0.15, -0.1) is 0 Å². The van der Waals surface area contributed by atoms with Crippen molar-refractivity contribution in [3.8, 4) is 11.6 Å². The molecule has 5 heteroatoms. The number of ether oxygens (including phenoxy) is 1. The molecule has 0 spiro atoms. The number of methoxy groups -OCH3 is 1. The van der Waals surface area contributed by atoms with Crippen LogP contribution in [0.5, 0.6) is 11.6 Å². The van der Waals surface area contributed by atoms with Crippen LogP contribution in [-0.2, 0) is 17.8 Å². The Bertz CT molecular complexity index is 854. The second-order valence-corrected chi connectivity index (χ2v) is 5.37. The largest absolute Gasteiger partial charge is 0.496 e. The minimum atomic E-state index is -0.495. The number of primary amides is 1. The van der Waals surface area contributed by atoms with Crippen LogP contribution < -0.4 is 10.5 Å². The lowest BCUT2D eigenvalue weighted by Gasteiger charge is -2.08. The van der Waals surface area contributed by atoms with Crippen molar-refractivity contribution < 1.29 is 14.6 Å². The van der Waals surface area contributed by atoms with Crippen molar-refractivity contribution in [1.29, 1.82) is 0 Å². The van der Waals surface area contributed by atoms with Gasteiger partial charge in [0, 0.05) is 10.9 Å². The zero-order chi connectivity index (χ0) is 16.4. The number of aromatic hydroxyl groups is 1. The van der Waals surface area contributed by atoms with Crippen LogP contribution in [0.4, 0.5) is 0 Å². The van der Waals surface area contributed by atoms with Crippen LogP contribution in [0.1, 0.15) is 11.1 Å². The highest BCUT2D eigenvalue weighted by atomic mass is 16.5. The van der Waals surface area contributed by atoms with Crippen LogP contribution in [-0.4, -0.2) is 22.7 Å². The van der Waals surface area contributed by atoms with E-state index in [-0.39, 0.29) is 12.3 Å². The van der Waals surface area contributed by atoms with Gasteiger partial charge in [0.2, 0.25) is 5.91 Å². The van der Waals surface area contributed by atoms with E-state index >= 15 is 0 Å². The highest BCUT2D eigenvalue weighted by Gasteiger charge is 2.21. The normalized spacial score (nSPS) is 10.8. The molecule has 118 valence electrons. The number of rotatable bonds is 5. The van der Waals surface area contributed by atoms with Gasteiger partial charge in [-0.3, -0.25) is 4.79 Å². The molecule has 3 aromatic rings. The van der Waals surface area contributed by atoms with Crippen LogP contribution in [0, 0.1) is 0 Å². The van der Waals surface area contributed by atoms with Gasteiger partial charge in [-0.25, -0.2) is 0 Å². The van der Waals surface area contributed by atoms with Crippen molar-refractivity contribution >= 4 is 16.8 Å². The number of nitrogens with zero attached hydrogens (tertiary/aromatic N) is 1. The summed E-state index contributed by atoms with van der Waals surface area (Å²) in [5.41, 5.74) is 7.70. The lowest BCUT2D eigenvalue weighted by molar-refractivity contribution is -0.117. The number of hydrogen-bond acceptors (Lipinski definition) is 3. The summed E-state index contributed by atoms with van der Waals surface area (Å²) < 4.78 is 7.16. The Hall–Kier alpha value is -2.95. The topological polar surface area (TPSA) is 77.5 Å². The zero-order valence-corrected chi connectivity index (χ0v) is 12.8. The molecule has 2 aromatic carbocycles. The van der Waals surface area contributed by atoms with E-state index in [2.05, 4.69) is 0 Å². The molecule has 3 N–H and O–H groups in total. The Morgan fingerprint density at radius 1 is 1.17 bits per heavy atom. The molecule has 0 saturated carbocycles. The molecule has 1 aromatic heterocycles. The summed E-state index contributed by atoms with van der Waals surface area (Å²) in [6.45, 7) is 0.495. The Morgan fingerprint density at radius 3 is 2.57 bits per heavy atom. The first-order valence-corrected chi connectivity index (χ1v) is 7.31. The van der Waals surface area contributed by atoms with Crippen molar-refractivity contribution in [3.63, 3.8) is 0 Å². The molecule has 0 unspecified atom stereocenters. The quantitative estimate of drug-likeness (QED) is 0.760. The number of benzene rings is 2. The van der Waals surface area contributed by atoms with Gasteiger partial charge in [0.05, 0.1) is 25.6 Å². The Morgan fingerprint density at radius 2 is 1.91 bits per heavy atom. The van der Waals surface area contributed by atoms with Gasteiger partial charge in [-0.2, -0.15) is 0 Å². The van der Waals surface area contributed by atoms with Crippen LogP contribution in [0.15, 0.2) is 48.5 Å². The van der Waals surface area contributed by atoms with Crippen molar-refractivity contribution in [2.45, 2.75) is 13.0 Å². The van der Waals surface area contributed by atoms with E-state index in [0.29, 0.717) is 17.9 Å². The maximum absolute atomic E-state index is 11.4. The number of fused-ring (bicyclic) bond motifs is 1. The van der Waals surface area contributed by atoms with Gasteiger partial charge in [0.15, 0.2) is 5.88 Å². The monoisotopic (exact) mass is 310 g/mol. The smallest absolute Gasteiger partial charge is 0.222 e. The molecule has 0 fully saturated rings. The summed E-state index contributed by atoms with van der Waals surface area (Å²) in [5, 5.41) is 11.4. The fourth-order valence-electron chi connectivity index (χ4n) is 2.87. The van der Waals surface area contributed by atoms with E-state index in [4.69, 9.17) is 10.5 Å². The molecule has 0 bridgehead atoms. The van der Waals surface area contributed by atoms with Crippen LogP contribution >= 0.6 is 0 Å². The summed E-state index contributed by atoms with van der Waals surface area (Å²) in [7, 11) is 1.56. The van der Waals surface area contributed by atoms with Gasteiger partial charge in [-0.1, -0.05) is 36.4 Å². The van der Waals surface area contributed by atoms with Gasteiger partial charge >= 0.3 is 0 Å². The standard InChI is InChI=1S/C18H18N2O3/c1-23-15-9-5-8-14-17(15)13(10-16(19)21)18(22)20(14)11-12-6-3-2-4-7-12/h2-9,22H,10-11H2,1H3,(H2,19,21). The van der Waals surface area contributed by atoms with Gasteiger partial charge < -0.3 is 20.1 Å². The highest BCUT2D eigenvalue weighted by molar-refractivity contribution is 5.95. The minimum absolute atomic E-state index is 0.0372. The highest BCUT2D eigenvalue weighted by Crippen LogP contribution is 2.38. The molecular weight excluding hydrogens is 292 g/mol. The molecule has 0 aliphatic carbocycles. The third-order valence-electron chi connectivity index (χ3n) is 3.88. The summed E-state index contributed by atoms with van der Waals surface area (Å²) >= 11 is 0. The summed E-state index contributed by atoms with van der Waals surface area (Å²) in [6, 6.07) is 15.4. The van der Waals surface area contributed by atoms with Crippen molar-refractivity contribution in [3.05, 3.63) is 59.7 Å². The van der Waals surface area contributed by atoms with Crippen LogP contribution in [0.25, 0.3) is 10.9 Å². The maximum atomic E-state index is 11.4. The number of nitrogens with two attached hydrogens (primary N) is 1. The third-order valence-corrected chi connectivity index (χ3v) is 3.88. The molecule has 0 saturated heterocycles. The summed E-state index contributed by atoms with van der Waals surface area (Å²) in [4.78, 5) is 11.4. The molecule has 23 heavy (non-hydrogen) atoms. The molecule has 0 radical (unpaired) electrons. The molecule has 1 amide bonds. The van der Waals surface area contributed by atoms with Crippen LogP contribution in [0.2, 0.25) is 0 Å². The number of carbonyl (C=O) groups is 1. The zero-order valence-electron chi connectivity index (χ0n) is 12.8. The first-order valence-electron chi connectivity index (χ1n) is 7.31. The number of aromatic nitrogens is 1. The molecule has 5 nitrogen and oxygen atoms in total. The van der Waals surface area contributed by atoms with Crippen LogP contribution in [0.3, 0.4) is 0 Å². The van der Waals surface area contributed by atoms with Gasteiger partial charge in [0.25, 0.3) is 0 Å². The lowest BCUT2D eigenvalue weighted by atomic mass is 10.1. The Labute approximate surface area is 133 Å². The maximum Gasteiger partial charge on any atom is 0.222 e. The summed E-state index contributed by atoms with van der Waals surface area (Å²) in [5.74, 6) is 0.165. The minimum Gasteiger partial charge on any atom is -0.496 e. The van der Waals surface area contributed by atoms with E-state index in [1.807, 2.05) is 42.5 Å². The molecule has 3 rings (SSSR count). The van der Waals surface area contributed by atoms with Crippen molar-refractivity contribution in [2.75, 3.05) is 7.11 Å². The summed E-state index contributed by atoms with van der Waals surface area (Å²) in [6.07, 6.45) is -0.0372. The Kier molecular flexibility index (Phi) is 3.93. The average molecular weight is 310 g/mol. The molecule has 0 atom stereocenters. The van der Waals surface area contributed by atoms with Gasteiger partial charge in [0.1, 0.15) is 5.75 Å². The SMILES string of the molecule is COc1cccc2c1c(CC(N)=O)c(O)n2Cc1ccccc1. The fourth-order valence-corrected chi connectivity index (χ4v) is 2.87. The van der Waals surface area contributed by atoms with Gasteiger partial charge in [-0.05, 0) is 17.7 Å². The van der Waals surface area contributed by atoms with Crippen molar-refractivity contribution in [1.82, 2.24) is 4.57 Å². The molecular formula is C18H18N2O3. The number of amides is 1. The number of carbonyl (C=O) groups excluding carboxylic acids is 1. The van der Waals surface area contributed by atoms with E-state index < -0.39 is 5.91 Å². The Balaban J connectivity index is 2.21. The molecule has 0 aliphatic heterocycles. The van der Waals surface area contributed by atoms with Crippen molar-refractivity contribution in [2.24, 2.45) is 5.73 Å². The molecule has 0 aliphatic rings. The second-order valence-electron chi connectivity index (χ2n) is 5.37. The predicted octanol–water partition coefficient (Wildman–Crippen LogP) is 2.43. The lowest BCUT2D eigenvalue weighted by Crippen LogP contribution is -2.13. The van der Waals surface area contributed by atoms with E-state index in [1.165, 1.54) is 0 Å². The average Bonchev–Trinajstić information content (AvgIpc) is 2.81. The second kappa shape index (κ2) is 6.04. The first-order chi connectivity index (χ1) is 11.1. The number of hydrogen-bond donors (Lipinski definition) is 2. The predicted molar refractivity (Wildman–Crippen MR) is 88.6 cm³/mol. The van der Waals surface area contributed by atoms with E-state index in [0.717, 1.165) is 16.5 Å². The third kappa shape index (κ3) is 2.73. The van der Waals surface area contributed by atoms with E-state index in [9.17, 15) is 9.90 Å². The van der Waals surface area contributed by atoms with E-state index in [1.54, 1.807) is 17.7 Å². The first kappa shape index (κ1) is 15.0.